The second-order valence-corrected chi connectivity index (χ2v) is 17.7. The molecule has 292 valence electrons. The summed E-state index contributed by atoms with van der Waals surface area (Å²) >= 11 is 1.87. The zero-order chi connectivity index (χ0) is 40.3. The van der Waals surface area contributed by atoms with Crippen LogP contribution in [0.5, 0.6) is 0 Å². The minimum absolute atomic E-state index is 0.584. The van der Waals surface area contributed by atoms with E-state index in [9.17, 15) is 0 Å². The summed E-state index contributed by atoms with van der Waals surface area (Å²) in [4.78, 5) is 2.48. The fourth-order valence-corrected chi connectivity index (χ4v) is 11.3. The van der Waals surface area contributed by atoms with Gasteiger partial charge >= 0.3 is 0 Å². The van der Waals surface area contributed by atoms with E-state index >= 15 is 0 Å². The number of rotatable bonds is 7. The highest BCUT2D eigenvalue weighted by Gasteiger charge is 2.23. The Morgan fingerprint density at radius 1 is 0.426 bits per heavy atom. The van der Waals surface area contributed by atoms with Crippen LogP contribution in [0.15, 0.2) is 199 Å². The SMILES string of the molecule is c1cc(-c2cccc3sc4ccccc4c23)cc(N(c2ccc(-c3ccc4oc5ccccc5c4c3)cc2)c2ccccc2-c2cccc3cccc(C4CCCCC4)c23)c1. The molecule has 0 aliphatic heterocycles. The van der Waals surface area contributed by atoms with Crippen molar-refractivity contribution in [2.75, 3.05) is 4.90 Å². The van der Waals surface area contributed by atoms with Crippen LogP contribution < -0.4 is 4.90 Å². The molecule has 2 aromatic heterocycles. The molecule has 1 aliphatic rings. The van der Waals surface area contributed by atoms with Crippen LogP contribution >= 0.6 is 11.3 Å². The van der Waals surface area contributed by atoms with Crippen molar-refractivity contribution in [1.29, 1.82) is 0 Å². The summed E-state index contributed by atoms with van der Waals surface area (Å²) < 4.78 is 8.82. The molecular formula is C58H43NOS. The third-order valence-electron chi connectivity index (χ3n) is 13.1. The van der Waals surface area contributed by atoms with Crippen LogP contribution in [-0.2, 0) is 0 Å². The molecule has 0 radical (unpaired) electrons. The maximum absolute atomic E-state index is 6.18. The lowest BCUT2D eigenvalue weighted by molar-refractivity contribution is 0.445. The maximum Gasteiger partial charge on any atom is 0.135 e. The average molecular weight is 802 g/mol. The van der Waals surface area contributed by atoms with E-state index in [2.05, 4.69) is 187 Å². The lowest BCUT2D eigenvalue weighted by Crippen LogP contribution is -2.11. The van der Waals surface area contributed by atoms with Crippen LogP contribution in [0.3, 0.4) is 0 Å². The van der Waals surface area contributed by atoms with E-state index in [-0.39, 0.29) is 0 Å². The predicted molar refractivity (Wildman–Crippen MR) is 261 cm³/mol. The fraction of sp³-hybridized carbons (Fsp3) is 0.103. The molecule has 0 atom stereocenters. The Morgan fingerprint density at radius 3 is 2.02 bits per heavy atom. The van der Waals surface area contributed by atoms with Crippen molar-refractivity contribution < 1.29 is 4.42 Å². The predicted octanol–water partition coefficient (Wildman–Crippen LogP) is 17.6. The van der Waals surface area contributed by atoms with E-state index in [1.165, 1.54) is 102 Å². The molecule has 0 spiro atoms. The molecule has 2 heterocycles. The lowest BCUT2D eigenvalue weighted by Gasteiger charge is -2.29. The quantitative estimate of drug-likeness (QED) is 0.160. The molecule has 2 nitrogen and oxygen atoms in total. The second-order valence-electron chi connectivity index (χ2n) is 16.6. The monoisotopic (exact) mass is 801 g/mol. The molecule has 61 heavy (non-hydrogen) atoms. The van der Waals surface area contributed by atoms with Gasteiger partial charge in [0.25, 0.3) is 0 Å². The zero-order valence-corrected chi connectivity index (χ0v) is 34.7. The van der Waals surface area contributed by atoms with E-state index in [1.807, 2.05) is 23.5 Å². The fourth-order valence-electron chi connectivity index (χ4n) is 10.2. The van der Waals surface area contributed by atoms with Crippen molar-refractivity contribution >= 4 is 81.3 Å². The number of nitrogens with zero attached hydrogens (tertiary/aromatic N) is 1. The van der Waals surface area contributed by atoms with Crippen LogP contribution in [0.4, 0.5) is 17.1 Å². The summed E-state index contributed by atoms with van der Waals surface area (Å²) in [5, 5.41) is 7.63. The molecule has 1 aliphatic carbocycles. The van der Waals surface area contributed by atoms with Gasteiger partial charge in [-0.05, 0) is 124 Å². The van der Waals surface area contributed by atoms with Gasteiger partial charge in [0.2, 0.25) is 0 Å². The number of hydrogen-bond donors (Lipinski definition) is 0. The van der Waals surface area contributed by atoms with Gasteiger partial charge in [0.05, 0.1) is 5.69 Å². The number of para-hydroxylation sites is 2. The molecule has 0 bridgehead atoms. The van der Waals surface area contributed by atoms with E-state index in [0.29, 0.717) is 5.92 Å². The second kappa shape index (κ2) is 15.0. The first-order chi connectivity index (χ1) is 30.2. The topological polar surface area (TPSA) is 16.4 Å². The largest absolute Gasteiger partial charge is 0.456 e. The summed E-state index contributed by atoms with van der Waals surface area (Å²) in [7, 11) is 0. The van der Waals surface area contributed by atoms with E-state index in [0.717, 1.165) is 39.0 Å². The highest BCUT2D eigenvalue weighted by molar-refractivity contribution is 7.25. The molecule has 0 saturated heterocycles. The van der Waals surface area contributed by atoms with Crippen LogP contribution in [0.2, 0.25) is 0 Å². The smallest absolute Gasteiger partial charge is 0.135 e. The minimum Gasteiger partial charge on any atom is -0.456 e. The van der Waals surface area contributed by atoms with E-state index in [4.69, 9.17) is 4.42 Å². The van der Waals surface area contributed by atoms with Crippen LogP contribution in [0.1, 0.15) is 43.6 Å². The normalized spacial score (nSPS) is 13.5. The Balaban J connectivity index is 1.04. The molecule has 3 heteroatoms. The molecule has 9 aromatic carbocycles. The van der Waals surface area contributed by atoms with Crippen molar-refractivity contribution in [3.8, 4) is 33.4 Å². The molecule has 11 aromatic rings. The van der Waals surface area contributed by atoms with Crippen LogP contribution in [0, 0.1) is 0 Å². The molecule has 1 saturated carbocycles. The minimum atomic E-state index is 0.584. The van der Waals surface area contributed by atoms with Gasteiger partial charge in [-0.1, -0.05) is 153 Å². The third kappa shape index (κ3) is 6.23. The molecular weight excluding hydrogens is 759 g/mol. The van der Waals surface area contributed by atoms with Crippen molar-refractivity contribution in [1.82, 2.24) is 0 Å². The molecule has 0 amide bonds. The van der Waals surface area contributed by atoms with Crippen molar-refractivity contribution in [2.24, 2.45) is 0 Å². The van der Waals surface area contributed by atoms with E-state index < -0.39 is 0 Å². The van der Waals surface area contributed by atoms with Gasteiger partial charge < -0.3 is 9.32 Å². The highest BCUT2D eigenvalue weighted by Crippen LogP contribution is 2.47. The van der Waals surface area contributed by atoms with Gasteiger partial charge in [-0.15, -0.1) is 11.3 Å². The summed E-state index contributed by atoms with van der Waals surface area (Å²) in [6.07, 6.45) is 6.48. The first-order valence-corrected chi connectivity index (χ1v) is 22.5. The number of fused-ring (bicyclic) bond motifs is 7. The number of thiophene rings is 1. The van der Waals surface area contributed by atoms with Crippen LogP contribution in [0.25, 0.3) is 86.3 Å². The third-order valence-corrected chi connectivity index (χ3v) is 14.2. The molecule has 0 unspecified atom stereocenters. The Hall–Kier alpha value is -6.94. The van der Waals surface area contributed by atoms with Crippen molar-refractivity contribution in [3.05, 3.63) is 200 Å². The van der Waals surface area contributed by atoms with Gasteiger partial charge in [0.1, 0.15) is 11.2 Å². The number of hydrogen-bond acceptors (Lipinski definition) is 3. The Labute approximate surface area is 360 Å². The van der Waals surface area contributed by atoms with E-state index in [1.54, 1.807) is 0 Å². The Bertz CT molecular complexity index is 3410. The molecule has 0 N–H and O–H groups in total. The Morgan fingerprint density at radius 2 is 1.11 bits per heavy atom. The van der Waals surface area contributed by atoms with Gasteiger partial charge in [-0.2, -0.15) is 0 Å². The number of benzene rings is 9. The summed E-state index contributed by atoms with van der Waals surface area (Å²) in [6, 6.07) is 71.6. The molecule has 1 fully saturated rings. The van der Waals surface area contributed by atoms with Gasteiger partial charge in [-0.3, -0.25) is 0 Å². The first kappa shape index (κ1) is 36.0. The highest BCUT2D eigenvalue weighted by atomic mass is 32.1. The summed E-state index contributed by atoms with van der Waals surface area (Å²) in [6.45, 7) is 0. The number of furan rings is 1. The lowest BCUT2D eigenvalue weighted by atomic mass is 9.80. The first-order valence-electron chi connectivity index (χ1n) is 21.7. The summed E-state index contributed by atoms with van der Waals surface area (Å²) in [5.74, 6) is 0.584. The van der Waals surface area contributed by atoms with Gasteiger partial charge in [0, 0.05) is 47.9 Å². The van der Waals surface area contributed by atoms with Gasteiger partial charge in [-0.25, -0.2) is 0 Å². The maximum atomic E-state index is 6.18. The van der Waals surface area contributed by atoms with Gasteiger partial charge in [0.15, 0.2) is 0 Å². The summed E-state index contributed by atoms with van der Waals surface area (Å²) in [5.41, 5.74) is 14.0. The zero-order valence-electron chi connectivity index (χ0n) is 33.9. The standard InChI is InChI=1S/C58H43NOS/c1-2-14-39(15-3-1)45-23-11-16-40-17-12-25-49(57(40)45)47-20-4-7-26-52(47)59(43-33-30-38(31-34-43)41-32-35-54-51(37-41)48-21-5-8-27-53(48)60-54)44-19-10-18-42(36-44)46-24-13-29-56-58(46)50-22-6-9-28-55(50)61-56/h4-13,16-37,39H,1-3,14-15H2. The molecule has 12 rings (SSSR count). The Kier molecular flexibility index (Phi) is 8.82. The van der Waals surface area contributed by atoms with Crippen molar-refractivity contribution in [2.45, 2.75) is 38.0 Å². The van der Waals surface area contributed by atoms with Crippen molar-refractivity contribution in [3.63, 3.8) is 0 Å². The van der Waals surface area contributed by atoms with Crippen LogP contribution in [-0.4, -0.2) is 0 Å². The average Bonchev–Trinajstić information content (AvgIpc) is 3.90. The number of anilines is 3.